The lowest BCUT2D eigenvalue weighted by Crippen LogP contribution is -2.46. The molecule has 2 aromatic heterocycles. The van der Waals surface area contributed by atoms with Gasteiger partial charge in [0.2, 0.25) is 5.88 Å². The number of hydrogen-bond donors (Lipinski definition) is 3. The van der Waals surface area contributed by atoms with E-state index in [0.717, 1.165) is 10.1 Å². The maximum absolute atomic E-state index is 16.3. The zero-order valence-corrected chi connectivity index (χ0v) is 24.9. The van der Waals surface area contributed by atoms with Crippen molar-refractivity contribution in [2.24, 2.45) is 19.8 Å². The molecule has 5 rings (SSSR count). The number of ether oxygens (including phenoxy) is 2. The van der Waals surface area contributed by atoms with Gasteiger partial charge in [0.05, 0.1) is 31.2 Å². The van der Waals surface area contributed by atoms with Crippen molar-refractivity contribution in [3.8, 4) is 39.5 Å². The Bertz CT molecular complexity index is 1870. The molecule has 1 aliphatic heterocycles. The Balaban J connectivity index is 1.55. The largest absolute Gasteiger partial charge is 0.481 e. The van der Waals surface area contributed by atoms with Gasteiger partial charge in [-0.15, -0.1) is 0 Å². The number of aliphatic hydroxyl groups excluding tert-OH is 1. The lowest BCUT2D eigenvalue weighted by Gasteiger charge is -2.28. The number of amides is 1. The third-order valence-corrected chi connectivity index (χ3v) is 8.08. The van der Waals surface area contributed by atoms with E-state index in [-0.39, 0.29) is 35.0 Å². The maximum Gasteiger partial charge on any atom is 0.330 e. The maximum atomic E-state index is 16.3. The number of nitrogens with two attached hydrogens (primary N) is 1. The quantitative estimate of drug-likeness (QED) is 0.278. The summed E-state index contributed by atoms with van der Waals surface area (Å²) in [6.07, 6.45) is 0.0644. The first kappa shape index (κ1) is 30.8. The molecule has 0 unspecified atom stereocenters. The van der Waals surface area contributed by atoms with Crippen LogP contribution >= 0.6 is 0 Å². The third-order valence-electron chi connectivity index (χ3n) is 8.08. The minimum absolute atomic E-state index is 0.0605. The van der Waals surface area contributed by atoms with Crippen molar-refractivity contribution in [3.63, 3.8) is 0 Å². The number of carbonyl (C=O) groups excluding carboxylic acids is 1. The van der Waals surface area contributed by atoms with E-state index in [4.69, 9.17) is 15.2 Å². The standard InChI is InChI=1S/C32H34FN5O6/c1-17-19(7-5-8-20(17)28-26(29(34)40)31(41)38(3)32(42)37(28)2)21-9-6-10-22(27(21)33)23-12-11-18(30(36-23)43-4)15-35-24-13-14-44-16-25(24)39/h5-12,24-25,35,39H,13-16H2,1-4H3,(H2,34,40)/t24-,25+/m1/s1. The van der Waals surface area contributed by atoms with E-state index in [1.54, 1.807) is 55.5 Å². The number of aliphatic hydroxyl groups is 1. The van der Waals surface area contributed by atoms with Gasteiger partial charge in [-0.05, 0) is 36.6 Å². The van der Waals surface area contributed by atoms with Crippen LogP contribution in [0.2, 0.25) is 0 Å². The minimum Gasteiger partial charge on any atom is -0.481 e. The number of nitrogens with zero attached hydrogens (tertiary/aromatic N) is 3. The Morgan fingerprint density at radius 1 is 1.09 bits per heavy atom. The van der Waals surface area contributed by atoms with Gasteiger partial charge in [0.15, 0.2) is 0 Å². The average molecular weight is 604 g/mol. The van der Waals surface area contributed by atoms with Gasteiger partial charge in [-0.3, -0.25) is 18.7 Å². The van der Waals surface area contributed by atoms with Crippen LogP contribution in [0.3, 0.4) is 0 Å². The molecule has 1 fully saturated rings. The van der Waals surface area contributed by atoms with Gasteiger partial charge in [-0.2, -0.15) is 0 Å². The molecule has 4 aromatic rings. The first-order chi connectivity index (χ1) is 21.0. The molecule has 0 spiro atoms. The fraction of sp³-hybridized carbons (Fsp3) is 0.312. The Labute approximate surface area is 252 Å². The molecule has 230 valence electrons. The van der Waals surface area contributed by atoms with Crippen LogP contribution in [-0.4, -0.2) is 57.6 Å². The fourth-order valence-corrected chi connectivity index (χ4v) is 5.64. The van der Waals surface area contributed by atoms with E-state index in [2.05, 4.69) is 10.3 Å². The topological polar surface area (TPSA) is 151 Å². The number of benzene rings is 2. The molecular formula is C32H34FN5O6. The number of pyridine rings is 1. The predicted molar refractivity (Wildman–Crippen MR) is 163 cm³/mol. The number of nitrogens with one attached hydrogen (secondary N) is 1. The van der Waals surface area contributed by atoms with Gasteiger partial charge in [-0.1, -0.05) is 36.4 Å². The highest BCUT2D eigenvalue weighted by Crippen LogP contribution is 2.36. The van der Waals surface area contributed by atoms with Crippen LogP contribution in [0.25, 0.3) is 33.6 Å². The normalized spacial score (nSPS) is 16.6. The molecule has 2 atom stereocenters. The van der Waals surface area contributed by atoms with Crippen LogP contribution in [0.4, 0.5) is 4.39 Å². The Morgan fingerprint density at radius 3 is 2.45 bits per heavy atom. The molecule has 1 aliphatic rings. The molecule has 3 heterocycles. The molecule has 4 N–H and O–H groups in total. The summed E-state index contributed by atoms with van der Waals surface area (Å²) in [5.41, 5.74) is 6.90. The number of methoxy groups -OCH3 is 1. The number of hydrogen-bond acceptors (Lipinski definition) is 8. The van der Waals surface area contributed by atoms with Crippen molar-refractivity contribution in [2.45, 2.75) is 32.0 Å². The molecular weight excluding hydrogens is 569 g/mol. The first-order valence-corrected chi connectivity index (χ1v) is 14.1. The molecule has 11 nitrogen and oxygen atoms in total. The van der Waals surface area contributed by atoms with Crippen LogP contribution in [0, 0.1) is 12.7 Å². The van der Waals surface area contributed by atoms with E-state index in [1.807, 2.05) is 0 Å². The second kappa shape index (κ2) is 12.5. The molecule has 1 saturated heterocycles. The van der Waals surface area contributed by atoms with Gasteiger partial charge in [0.25, 0.3) is 11.5 Å². The highest BCUT2D eigenvalue weighted by molar-refractivity contribution is 5.99. The van der Waals surface area contributed by atoms with Gasteiger partial charge in [0.1, 0.15) is 11.4 Å². The van der Waals surface area contributed by atoms with Crippen molar-refractivity contribution < 1.29 is 23.8 Å². The lowest BCUT2D eigenvalue weighted by atomic mass is 9.91. The van der Waals surface area contributed by atoms with Crippen LogP contribution in [0.15, 0.2) is 58.1 Å². The van der Waals surface area contributed by atoms with E-state index >= 15 is 4.39 Å². The summed E-state index contributed by atoms with van der Waals surface area (Å²) in [5.74, 6) is -1.19. The van der Waals surface area contributed by atoms with Crippen LogP contribution in [0.5, 0.6) is 5.88 Å². The summed E-state index contributed by atoms with van der Waals surface area (Å²) in [4.78, 5) is 42.6. The van der Waals surface area contributed by atoms with Gasteiger partial charge >= 0.3 is 5.69 Å². The summed E-state index contributed by atoms with van der Waals surface area (Å²) >= 11 is 0. The molecule has 12 heteroatoms. The number of rotatable bonds is 8. The average Bonchev–Trinajstić information content (AvgIpc) is 3.01. The molecule has 2 aromatic carbocycles. The van der Waals surface area contributed by atoms with Crippen molar-refractivity contribution >= 4 is 5.91 Å². The van der Waals surface area contributed by atoms with Crippen LogP contribution in [0.1, 0.15) is 27.9 Å². The molecule has 1 amide bonds. The molecule has 0 bridgehead atoms. The number of halogens is 1. The van der Waals surface area contributed by atoms with E-state index < -0.39 is 29.1 Å². The van der Waals surface area contributed by atoms with E-state index in [0.29, 0.717) is 47.8 Å². The summed E-state index contributed by atoms with van der Waals surface area (Å²) in [7, 11) is 4.21. The highest BCUT2D eigenvalue weighted by atomic mass is 19.1. The molecule has 0 aliphatic carbocycles. The summed E-state index contributed by atoms with van der Waals surface area (Å²) in [6.45, 7) is 2.96. The van der Waals surface area contributed by atoms with Gasteiger partial charge < -0.3 is 25.6 Å². The number of primary amides is 1. The van der Waals surface area contributed by atoms with Crippen molar-refractivity contribution in [1.29, 1.82) is 0 Å². The molecule has 0 saturated carbocycles. The van der Waals surface area contributed by atoms with Crippen molar-refractivity contribution in [1.82, 2.24) is 19.4 Å². The number of carbonyl (C=O) groups is 1. The Morgan fingerprint density at radius 2 is 1.77 bits per heavy atom. The second-order valence-corrected chi connectivity index (χ2v) is 10.7. The van der Waals surface area contributed by atoms with Gasteiger partial charge in [-0.25, -0.2) is 14.2 Å². The minimum atomic E-state index is -0.975. The smallest absolute Gasteiger partial charge is 0.330 e. The molecule has 0 radical (unpaired) electrons. The zero-order chi connectivity index (χ0) is 31.7. The van der Waals surface area contributed by atoms with E-state index in [9.17, 15) is 19.5 Å². The highest BCUT2D eigenvalue weighted by Gasteiger charge is 2.25. The Kier molecular flexibility index (Phi) is 8.77. The summed E-state index contributed by atoms with van der Waals surface area (Å²) in [6, 6.07) is 13.4. The lowest BCUT2D eigenvalue weighted by molar-refractivity contribution is -0.0281. The monoisotopic (exact) mass is 603 g/mol. The van der Waals surface area contributed by atoms with Crippen LogP contribution < -0.4 is 27.0 Å². The fourth-order valence-electron chi connectivity index (χ4n) is 5.64. The third kappa shape index (κ3) is 5.54. The number of aromatic nitrogens is 3. The Hall–Kier alpha value is -4.65. The van der Waals surface area contributed by atoms with Crippen molar-refractivity contribution in [3.05, 3.63) is 91.9 Å². The van der Waals surface area contributed by atoms with Crippen LogP contribution in [-0.2, 0) is 25.4 Å². The first-order valence-electron chi connectivity index (χ1n) is 14.1. The van der Waals surface area contributed by atoms with E-state index in [1.165, 1.54) is 25.8 Å². The predicted octanol–water partition coefficient (Wildman–Crippen LogP) is 2.27. The second-order valence-electron chi connectivity index (χ2n) is 10.7. The van der Waals surface area contributed by atoms with Gasteiger partial charge in [0, 0.05) is 55.5 Å². The summed E-state index contributed by atoms with van der Waals surface area (Å²) < 4.78 is 29.1. The SMILES string of the molecule is COc1nc(-c2cccc(-c3cccc(-c4c(C(N)=O)c(=O)n(C)c(=O)n4C)c3C)c2F)ccc1CN[C@@H]1CCOC[C@@H]1O. The summed E-state index contributed by atoms with van der Waals surface area (Å²) in [5, 5.41) is 13.5. The molecule has 44 heavy (non-hydrogen) atoms. The van der Waals surface area contributed by atoms with Crippen molar-refractivity contribution in [2.75, 3.05) is 20.3 Å². The zero-order valence-electron chi connectivity index (χ0n) is 24.9.